The Kier molecular flexibility index (Phi) is 15.7. The Balaban J connectivity index is 0.879. The molecule has 2 aromatic heterocycles. The van der Waals surface area contributed by atoms with Crippen LogP contribution in [-0.2, 0) is 19.2 Å². The number of benzene rings is 1. The van der Waals surface area contributed by atoms with E-state index in [0.29, 0.717) is 76.3 Å². The lowest BCUT2D eigenvalue weighted by Crippen LogP contribution is -2.60. The van der Waals surface area contributed by atoms with Crippen LogP contribution in [0.25, 0.3) is 11.0 Å². The van der Waals surface area contributed by atoms with Crippen LogP contribution in [-0.4, -0.2) is 134 Å². The van der Waals surface area contributed by atoms with Crippen LogP contribution in [0.1, 0.15) is 110 Å². The summed E-state index contributed by atoms with van der Waals surface area (Å²) in [7, 11) is 0. The summed E-state index contributed by atoms with van der Waals surface area (Å²) in [5.74, 6) is 0.607. The van der Waals surface area contributed by atoms with Crippen molar-refractivity contribution in [1.29, 1.82) is 0 Å². The highest BCUT2D eigenvalue weighted by Crippen LogP contribution is 2.30. The standard InChI is InChI=1S/C45H67ClN10O5/c1-31-28-34(57)29-56(31)42(60)39(44(2,3)4)52-37(58)10-8-6-5-7-9-11-38(59)54-26-24-53(25-27-54)21-17-36(32-12-14-33(46)15-13-32)51-43(61)45(47)18-22-55(23-19-45)41-35-16-20-48-40(35)49-30-50-41/h12-16,20,30-31,34,36,39,57H,5-11,17-19,21-29,47H2,1-4H3,(H,51,61)(H,52,58)(H,48,49,50)/t31-,34-,36+,39-/m1/s1. The second kappa shape index (κ2) is 20.7. The molecule has 3 aliphatic heterocycles. The van der Waals surface area contributed by atoms with E-state index in [0.717, 1.165) is 74.2 Å². The van der Waals surface area contributed by atoms with Gasteiger partial charge in [-0.2, -0.15) is 0 Å². The van der Waals surface area contributed by atoms with E-state index >= 15 is 0 Å². The van der Waals surface area contributed by atoms with Gasteiger partial charge in [0.1, 0.15) is 23.8 Å². The number of nitrogens with zero attached hydrogens (tertiary/aromatic N) is 6. The number of anilines is 1. The van der Waals surface area contributed by atoms with Crippen LogP contribution >= 0.6 is 11.6 Å². The summed E-state index contributed by atoms with van der Waals surface area (Å²) >= 11 is 6.23. The Hall–Kier alpha value is -4.31. The molecule has 0 spiro atoms. The first-order valence-corrected chi connectivity index (χ1v) is 22.7. The molecule has 4 atom stereocenters. The predicted octanol–water partition coefficient (Wildman–Crippen LogP) is 4.54. The van der Waals surface area contributed by atoms with Gasteiger partial charge in [0.2, 0.25) is 23.6 Å². The first-order valence-electron chi connectivity index (χ1n) is 22.3. The Labute approximate surface area is 365 Å². The number of unbranched alkanes of at least 4 members (excludes halogenated alkanes) is 4. The fourth-order valence-electron chi connectivity index (χ4n) is 8.91. The highest BCUT2D eigenvalue weighted by molar-refractivity contribution is 6.30. The zero-order valence-corrected chi connectivity index (χ0v) is 37.3. The summed E-state index contributed by atoms with van der Waals surface area (Å²) in [4.78, 5) is 73.3. The van der Waals surface area contributed by atoms with Crippen molar-refractivity contribution < 1.29 is 24.3 Å². The third-order valence-corrected chi connectivity index (χ3v) is 13.1. The minimum absolute atomic E-state index is 0.0527. The number of halogens is 1. The molecule has 3 aliphatic rings. The topological polar surface area (TPSA) is 193 Å². The maximum absolute atomic E-state index is 13.9. The molecule has 5 heterocycles. The number of hydrogen-bond acceptors (Lipinski definition) is 10. The molecular weight excluding hydrogens is 796 g/mol. The number of hydrogen-bond donors (Lipinski definition) is 5. The van der Waals surface area contributed by atoms with Crippen LogP contribution in [0.4, 0.5) is 5.82 Å². The van der Waals surface area contributed by atoms with Gasteiger partial charge in [-0.1, -0.05) is 63.8 Å². The van der Waals surface area contributed by atoms with E-state index in [-0.39, 0.29) is 35.7 Å². The minimum atomic E-state index is -1.01. The Morgan fingerprint density at radius 2 is 1.61 bits per heavy atom. The van der Waals surface area contributed by atoms with Crippen molar-refractivity contribution in [3.8, 4) is 0 Å². The molecule has 0 aliphatic carbocycles. The van der Waals surface area contributed by atoms with Gasteiger partial charge in [0.15, 0.2) is 0 Å². The first kappa shape index (κ1) is 46.2. The third kappa shape index (κ3) is 12.2. The largest absolute Gasteiger partial charge is 0.391 e. The fourth-order valence-corrected chi connectivity index (χ4v) is 9.04. The van der Waals surface area contributed by atoms with Crippen LogP contribution in [0.2, 0.25) is 5.02 Å². The molecule has 3 aromatic rings. The van der Waals surface area contributed by atoms with Gasteiger partial charge in [-0.25, -0.2) is 9.97 Å². The number of carbonyl (C=O) groups excluding carboxylic acids is 4. The number of nitrogens with two attached hydrogens (primary N) is 1. The van der Waals surface area contributed by atoms with Crippen molar-refractivity contribution in [2.24, 2.45) is 11.1 Å². The number of piperazine rings is 1. The lowest BCUT2D eigenvalue weighted by molar-refractivity contribution is -0.140. The van der Waals surface area contributed by atoms with Crippen molar-refractivity contribution in [3.63, 3.8) is 0 Å². The van der Waals surface area contributed by atoms with Crippen LogP contribution < -0.4 is 21.3 Å². The number of likely N-dealkylation sites (tertiary alicyclic amines) is 1. The summed E-state index contributed by atoms with van der Waals surface area (Å²) in [6.45, 7) is 12.9. The molecule has 0 unspecified atom stereocenters. The van der Waals surface area contributed by atoms with Crippen LogP contribution in [0, 0.1) is 5.41 Å². The van der Waals surface area contributed by atoms with E-state index in [4.69, 9.17) is 17.3 Å². The maximum atomic E-state index is 13.9. The highest BCUT2D eigenvalue weighted by Gasteiger charge is 2.41. The lowest BCUT2D eigenvalue weighted by Gasteiger charge is -2.39. The normalized spacial score (nSPS) is 20.7. The second-order valence-corrected chi connectivity index (χ2v) is 19.0. The van der Waals surface area contributed by atoms with E-state index in [1.165, 1.54) is 0 Å². The van der Waals surface area contributed by atoms with Gasteiger partial charge < -0.3 is 41.2 Å². The average molecular weight is 864 g/mol. The van der Waals surface area contributed by atoms with E-state index in [2.05, 4.69) is 35.4 Å². The van der Waals surface area contributed by atoms with Crippen LogP contribution in [0.5, 0.6) is 0 Å². The monoisotopic (exact) mass is 862 g/mol. The van der Waals surface area contributed by atoms with Crippen molar-refractivity contribution >= 4 is 52.1 Å². The molecule has 3 saturated heterocycles. The third-order valence-electron chi connectivity index (χ3n) is 12.8. The summed E-state index contributed by atoms with van der Waals surface area (Å²) in [6.07, 6.45) is 10.3. The second-order valence-electron chi connectivity index (χ2n) is 18.5. The molecule has 6 N–H and O–H groups in total. The number of aliphatic hydroxyl groups excluding tert-OH is 1. The van der Waals surface area contributed by atoms with Gasteiger partial charge in [-0.05, 0) is 74.6 Å². The summed E-state index contributed by atoms with van der Waals surface area (Å²) in [5, 5.41) is 17.9. The number of β-amino-alcohol motifs (C(OH)–C–C–N with tert-alkyl or cyclic N) is 1. The SMILES string of the molecule is C[C@@H]1C[C@@H](O)CN1C(=O)[C@@H](NC(=O)CCCCCCCC(=O)N1CCN(CC[C@H](NC(=O)C2(N)CCN(c3ncnc4[nH]ccc34)CC2)c2ccc(Cl)cc2)CC1)C(C)(C)C. The molecule has 0 bridgehead atoms. The fraction of sp³-hybridized carbons (Fsp3) is 0.644. The predicted molar refractivity (Wildman–Crippen MR) is 238 cm³/mol. The molecule has 334 valence electrons. The molecule has 6 rings (SSSR count). The molecule has 4 amide bonds. The smallest absolute Gasteiger partial charge is 0.246 e. The number of aromatic amines is 1. The van der Waals surface area contributed by atoms with Crippen molar-refractivity contribution in [2.75, 3.05) is 57.3 Å². The van der Waals surface area contributed by atoms with Gasteiger partial charge in [0.05, 0.1) is 23.1 Å². The number of H-pyrrole nitrogens is 1. The molecule has 15 nitrogen and oxygen atoms in total. The highest BCUT2D eigenvalue weighted by atomic mass is 35.5. The molecular formula is C45H67ClN10O5. The summed E-state index contributed by atoms with van der Waals surface area (Å²) in [5.41, 5.74) is 7.12. The quantitative estimate of drug-likeness (QED) is 0.120. The number of fused-ring (bicyclic) bond motifs is 1. The number of nitrogens with one attached hydrogen (secondary N) is 3. The van der Waals surface area contributed by atoms with Gasteiger partial charge in [-0.3, -0.25) is 24.1 Å². The van der Waals surface area contributed by atoms with Crippen molar-refractivity contribution in [2.45, 2.75) is 128 Å². The van der Waals surface area contributed by atoms with Gasteiger partial charge >= 0.3 is 0 Å². The van der Waals surface area contributed by atoms with Crippen LogP contribution in [0.3, 0.4) is 0 Å². The van der Waals surface area contributed by atoms with Gasteiger partial charge in [0.25, 0.3) is 0 Å². The lowest BCUT2D eigenvalue weighted by atomic mass is 9.85. The average Bonchev–Trinajstić information content (AvgIpc) is 3.86. The molecule has 61 heavy (non-hydrogen) atoms. The van der Waals surface area contributed by atoms with E-state index in [1.54, 1.807) is 11.2 Å². The Bertz CT molecular complexity index is 1940. The van der Waals surface area contributed by atoms with Crippen LogP contribution in [0.15, 0.2) is 42.9 Å². The van der Waals surface area contributed by atoms with E-state index in [9.17, 15) is 24.3 Å². The van der Waals surface area contributed by atoms with Gasteiger partial charge in [0, 0.05) is 82.5 Å². The van der Waals surface area contributed by atoms with Crippen molar-refractivity contribution in [3.05, 3.63) is 53.4 Å². The summed E-state index contributed by atoms with van der Waals surface area (Å²) < 4.78 is 0. The zero-order valence-electron chi connectivity index (χ0n) is 36.5. The number of rotatable bonds is 17. The molecule has 0 saturated carbocycles. The number of aromatic nitrogens is 3. The van der Waals surface area contributed by atoms with E-state index < -0.39 is 23.1 Å². The molecule has 1 aromatic carbocycles. The summed E-state index contributed by atoms with van der Waals surface area (Å²) in [6, 6.07) is 8.63. The first-order chi connectivity index (χ1) is 29.1. The molecule has 16 heteroatoms. The minimum Gasteiger partial charge on any atom is -0.391 e. The van der Waals surface area contributed by atoms with Crippen molar-refractivity contribution in [1.82, 2.24) is 40.3 Å². The molecule has 3 fully saturated rings. The number of piperidine rings is 1. The number of amides is 4. The Morgan fingerprint density at radius 3 is 2.26 bits per heavy atom. The number of aliphatic hydroxyl groups is 1. The zero-order chi connectivity index (χ0) is 43.7. The maximum Gasteiger partial charge on any atom is 0.246 e. The van der Waals surface area contributed by atoms with E-state index in [1.807, 2.05) is 69.1 Å². The molecule has 0 radical (unpaired) electrons. The Morgan fingerprint density at radius 1 is 0.934 bits per heavy atom. The van der Waals surface area contributed by atoms with Gasteiger partial charge in [-0.15, -0.1) is 0 Å². The number of carbonyl (C=O) groups is 4.